The number of aliphatic hydroxyl groups excluding tert-OH is 1. The van der Waals surface area contributed by atoms with E-state index >= 15 is 0 Å². The lowest BCUT2D eigenvalue weighted by Gasteiger charge is -2.33. The van der Waals surface area contributed by atoms with E-state index in [0.717, 1.165) is 37.6 Å². The van der Waals surface area contributed by atoms with Crippen molar-refractivity contribution in [3.63, 3.8) is 0 Å². The van der Waals surface area contributed by atoms with E-state index < -0.39 is 6.10 Å². The van der Waals surface area contributed by atoms with Gasteiger partial charge in [-0.15, -0.1) is 0 Å². The number of benzene rings is 1. The first kappa shape index (κ1) is 18.4. The largest absolute Gasteiger partial charge is 0.491 e. The van der Waals surface area contributed by atoms with E-state index in [1.54, 1.807) is 11.9 Å². The van der Waals surface area contributed by atoms with Crippen LogP contribution in [0.2, 0.25) is 0 Å². The SMILES string of the molecule is CCC1CN(CC(O)COc2ccc(N(C)SC)cc2)CCO1. The average Bonchev–Trinajstić information content (AvgIpc) is 2.60. The Bertz CT molecular complexity index is 458. The normalized spacial score (nSPS) is 20.3. The van der Waals surface area contributed by atoms with Crippen LogP contribution in [0.25, 0.3) is 0 Å². The Kier molecular flexibility index (Phi) is 7.49. The Labute approximate surface area is 143 Å². The number of hydrogen-bond acceptors (Lipinski definition) is 6. The van der Waals surface area contributed by atoms with E-state index in [9.17, 15) is 5.11 Å². The summed E-state index contributed by atoms with van der Waals surface area (Å²) in [6.07, 6.45) is 2.85. The van der Waals surface area contributed by atoms with E-state index in [1.807, 2.05) is 37.6 Å². The van der Waals surface area contributed by atoms with Crippen molar-refractivity contribution in [2.24, 2.45) is 0 Å². The van der Waals surface area contributed by atoms with Gasteiger partial charge in [0, 0.05) is 38.6 Å². The van der Waals surface area contributed by atoms with Gasteiger partial charge in [0.25, 0.3) is 0 Å². The average molecular weight is 340 g/mol. The van der Waals surface area contributed by atoms with Crippen LogP contribution < -0.4 is 9.04 Å². The first-order valence-corrected chi connectivity index (χ1v) is 9.33. The zero-order chi connectivity index (χ0) is 16.7. The maximum atomic E-state index is 10.2. The van der Waals surface area contributed by atoms with Crippen molar-refractivity contribution < 1.29 is 14.6 Å². The molecule has 1 fully saturated rings. The lowest BCUT2D eigenvalue weighted by Crippen LogP contribution is -2.46. The van der Waals surface area contributed by atoms with Crippen molar-refractivity contribution in [3.05, 3.63) is 24.3 Å². The molecule has 130 valence electrons. The molecule has 0 spiro atoms. The summed E-state index contributed by atoms with van der Waals surface area (Å²) in [5, 5.41) is 10.2. The Morgan fingerprint density at radius 2 is 2.17 bits per heavy atom. The molecule has 1 aliphatic heterocycles. The van der Waals surface area contributed by atoms with Crippen LogP contribution in [0.3, 0.4) is 0 Å². The van der Waals surface area contributed by atoms with Crippen LogP contribution in [0.1, 0.15) is 13.3 Å². The number of β-amino-alcohol motifs (C(OH)–C–C–N with tert-alkyl or cyclic N) is 1. The molecule has 2 rings (SSSR count). The van der Waals surface area contributed by atoms with Crippen molar-refractivity contribution in [3.8, 4) is 5.75 Å². The summed E-state index contributed by atoms with van der Waals surface area (Å²) in [6.45, 7) is 5.59. The number of morpholine rings is 1. The smallest absolute Gasteiger partial charge is 0.119 e. The van der Waals surface area contributed by atoms with Gasteiger partial charge in [-0.05, 0) is 30.7 Å². The summed E-state index contributed by atoms with van der Waals surface area (Å²) < 4.78 is 13.4. The summed E-state index contributed by atoms with van der Waals surface area (Å²) in [5.74, 6) is 0.788. The molecule has 0 amide bonds. The summed E-state index contributed by atoms with van der Waals surface area (Å²) in [5.41, 5.74) is 1.13. The maximum Gasteiger partial charge on any atom is 0.119 e. The van der Waals surface area contributed by atoms with Crippen LogP contribution in [0.15, 0.2) is 24.3 Å². The minimum absolute atomic E-state index is 0.290. The molecule has 1 N–H and O–H groups in total. The quantitative estimate of drug-likeness (QED) is 0.733. The fourth-order valence-corrected chi connectivity index (χ4v) is 2.93. The van der Waals surface area contributed by atoms with Gasteiger partial charge in [-0.25, -0.2) is 0 Å². The second kappa shape index (κ2) is 9.37. The molecule has 0 aliphatic carbocycles. The number of aliphatic hydroxyl groups is 1. The van der Waals surface area contributed by atoms with E-state index in [0.29, 0.717) is 13.2 Å². The van der Waals surface area contributed by atoms with Gasteiger partial charge in [-0.2, -0.15) is 0 Å². The maximum absolute atomic E-state index is 10.2. The number of ether oxygens (including phenoxy) is 2. The third-order valence-corrected chi connectivity index (χ3v) is 4.82. The molecule has 0 radical (unpaired) electrons. The standard InChI is InChI=1S/C17H28N2O3S/c1-4-16-12-19(9-10-21-16)11-15(20)13-22-17-7-5-14(6-8-17)18(2)23-3/h5-8,15-16,20H,4,9-13H2,1-3H3. The van der Waals surface area contributed by atoms with Gasteiger partial charge in [0.15, 0.2) is 0 Å². The molecule has 2 atom stereocenters. The van der Waals surface area contributed by atoms with Crippen molar-refractivity contribution >= 4 is 17.6 Å². The summed E-state index contributed by atoms with van der Waals surface area (Å²) >= 11 is 1.66. The third kappa shape index (κ3) is 5.88. The van der Waals surface area contributed by atoms with E-state index in [4.69, 9.17) is 9.47 Å². The van der Waals surface area contributed by atoms with Crippen molar-refractivity contribution in [2.75, 3.05) is 50.5 Å². The molecular formula is C17H28N2O3S. The van der Waals surface area contributed by atoms with E-state index in [2.05, 4.69) is 16.1 Å². The molecule has 1 aromatic carbocycles. The second-order valence-corrected chi connectivity index (χ2v) is 6.71. The molecule has 1 heterocycles. The minimum atomic E-state index is -0.487. The number of anilines is 1. The topological polar surface area (TPSA) is 45.2 Å². The first-order valence-electron chi connectivity index (χ1n) is 8.15. The van der Waals surface area contributed by atoms with Crippen LogP contribution >= 0.6 is 11.9 Å². The summed E-state index contributed by atoms with van der Waals surface area (Å²) in [4.78, 5) is 2.25. The van der Waals surface area contributed by atoms with Crippen LogP contribution in [0.5, 0.6) is 5.75 Å². The molecule has 2 unspecified atom stereocenters. The lowest BCUT2D eigenvalue weighted by molar-refractivity contribution is -0.0453. The van der Waals surface area contributed by atoms with Gasteiger partial charge in [-0.3, -0.25) is 4.90 Å². The molecule has 1 aromatic rings. The Hall–Kier alpha value is -0.950. The predicted octanol–water partition coefficient (Wildman–Crippen LogP) is 2.25. The van der Waals surface area contributed by atoms with Crippen molar-refractivity contribution in [2.45, 2.75) is 25.6 Å². The molecule has 0 bridgehead atoms. The Balaban J connectivity index is 1.74. The Morgan fingerprint density at radius 1 is 1.43 bits per heavy atom. The van der Waals surface area contributed by atoms with Gasteiger partial charge >= 0.3 is 0 Å². The van der Waals surface area contributed by atoms with Gasteiger partial charge in [0.1, 0.15) is 18.5 Å². The van der Waals surface area contributed by atoms with Crippen LogP contribution in [0.4, 0.5) is 5.69 Å². The number of nitrogens with zero attached hydrogens (tertiary/aromatic N) is 2. The zero-order valence-corrected chi connectivity index (χ0v) is 15.1. The minimum Gasteiger partial charge on any atom is -0.491 e. The van der Waals surface area contributed by atoms with E-state index in [1.165, 1.54) is 0 Å². The number of rotatable bonds is 8. The molecule has 23 heavy (non-hydrogen) atoms. The van der Waals surface area contributed by atoms with Crippen molar-refractivity contribution in [1.29, 1.82) is 0 Å². The highest BCUT2D eigenvalue weighted by atomic mass is 32.2. The van der Waals surface area contributed by atoms with Crippen LogP contribution in [0, 0.1) is 0 Å². The zero-order valence-electron chi connectivity index (χ0n) is 14.3. The Morgan fingerprint density at radius 3 is 2.83 bits per heavy atom. The van der Waals surface area contributed by atoms with Gasteiger partial charge < -0.3 is 18.9 Å². The highest BCUT2D eigenvalue weighted by Gasteiger charge is 2.21. The fourth-order valence-electron chi connectivity index (χ4n) is 2.59. The monoisotopic (exact) mass is 340 g/mol. The molecular weight excluding hydrogens is 312 g/mol. The van der Waals surface area contributed by atoms with Crippen molar-refractivity contribution in [1.82, 2.24) is 4.90 Å². The summed E-state index contributed by atoms with van der Waals surface area (Å²) in [6, 6.07) is 7.92. The third-order valence-electron chi connectivity index (χ3n) is 4.06. The fraction of sp³-hybridized carbons (Fsp3) is 0.647. The second-order valence-electron chi connectivity index (χ2n) is 5.80. The number of hydrogen-bond donors (Lipinski definition) is 1. The molecule has 6 heteroatoms. The molecule has 5 nitrogen and oxygen atoms in total. The van der Waals surface area contributed by atoms with Gasteiger partial charge in [-0.1, -0.05) is 18.9 Å². The van der Waals surface area contributed by atoms with Gasteiger partial charge in [0.05, 0.1) is 12.7 Å². The highest BCUT2D eigenvalue weighted by molar-refractivity contribution is 7.99. The molecule has 1 saturated heterocycles. The van der Waals surface area contributed by atoms with Crippen LogP contribution in [-0.2, 0) is 4.74 Å². The first-order chi connectivity index (χ1) is 11.1. The lowest BCUT2D eigenvalue weighted by atomic mass is 10.2. The summed E-state index contributed by atoms with van der Waals surface area (Å²) in [7, 11) is 2.02. The van der Waals surface area contributed by atoms with E-state index in [-0.39, 0.29) is 6.10 Å². The predicted molar refractivity (Wildman–Crippen MR) is 96.3 cm³/mol. The van der Waals surface area contributed by atoms with Gasteiger partial charge in [0.2, 0.25) is 0 Å². The molecule has 0 aromatic heterocycles. The van der Waals surface area contributed by atoms with Crippen LogP contribution in [-0.4, -0.2) is 68.4 Å². The highest BCUT2D eigenvalue weighted by Crippen LogP contribution is 2.22. The molecule has 1 aliphatic rings. The molecule has 0 saturated carbocycles.